The summed E-state index contributed by atoms with van der Waals surface area (Å²) in [6, 6.07) is 0. The van der Waals surface area contributed by atoms with Crippen molar-refractivity contribution in [3.8, 4) is 0 Å². The lowest BCUT2D eigenvalue weighted by Gasteiger charge is -2.36. The summed E-state index contributed by atoms with van der Waals surface area (Å²) in [6.07, 6.45) is 5.95. The van der Waals surface area contributed by atoms with E-state index in [-0.39, 0.29) is 16.0 Å². The van der Waals surface area contributed by atoms with Crippen molar-refractivity contribution in [1.82, 2.24) is 4.90 Å². The van der Waals surface area contributed by atoms with Crippen LogP contribution in [0.25, 0.3) is 0 Å². The van der Waals surface area contributed by atoms with Gasteiger partial charge in [0.1, 0.15) is 0 Å². The van der Waals surface area contributed by atoms with Crippen molar-refractivity contribution in [2.45, 2.75) is 58.7 Å². The highest BCUT2D eigenvalue weighted by Crippen LogP contribution is 2.39. The Morgan fingerprint density at radius 3 is 2.63 bits per heavy atom. The number of rotatable bonds is 7. The largest absolute Gasteiger partial charge is 0.490 e. The molecule has 0 saturated heterocycles. The Morgan fingerprint density at radius 1 is 1.33 bits per heavy atom. The Kier molecular flexibility index (Phi) is 7.32. The third-order valence-corrected chi connectivity index (χ3v) is 5.02. The summed E-state index contributed by atoms with van der Waals surface area (Å²) in [6.45, 7) is 11.6. The van der Waals surface area contributed by atoms with Crippen LogP contribution >= 0.6 is 15.9 Å². The first-order valence-corrected chi connectivity index (χ1v) is 10.5. The Morgan fingerprint density at radius 2 is 2.04 bits per heavy atom. The van der Waals surface area contributed by atoms with Gasteiger partial charge in [0.25, 0.3) is 0 Å². The molecular weight excluding hydrogens is 410 g/mol. The van der Waals surface area contributed by atoms with Crippen molar-refractivity contribution in [2.24, 2.45) is 5.41 Å². The predicted octanol–water partition coefficient (Wildman–Crippen LogP) is 4.49. The van der Waals surface area contributed by atoms with Gasteiger partial charge in [-0.25, -0.2) is 4.79 Å². The Bertz CT molecular complexity index is 685. The summed E-state index contributed by atoms with van der Waals surface area (Å²) in [5.41, 5.74) is 2.08. The van der Waals surface area contributed by atoms with Crippen LogP contribution in [-0.4, -0.2) is 41.2 Å². The molecule has 150 valence electrons. The molecule has 6 heteroatoms. The lowest BCUT2D eigenvalue weighted by Crippen LogP contribution is -2.37. The second-order valence-corrected chi connectivity index (χ2v) is 9.05. The van der Waals surface area contributed by atoms with Crippen molar-refractivity contribution in [3.05, 3.63) is 34.9 Å². The van der Waals surface area contributed by atoms with E-state index in [0.29, 0.717) is 37.6 Å². The summed E-state index contributed by atoms with van der Waals surface area (Å²) >= 11 is 3.42. The molecule has 5 nitrogen and oxygen atoms in total. The lowest BCUT2D eigenvalue weighted by molar-refractivity contribution is -0.140. The zero-order chi connectivity index (χ0) is 20.2. The third kappa shape index (κ3) is 5.47. The van der Waals surface area contributed by atoms with Gasteiger partial charge in [-0.3, -0.25) is 4.79 Å². The number of ketones is 1. The molecule has 0 saturated carbocycles. The van der Waals surface area contributed by atoms with Crippen LogP contribution in [0.1, 0.15) is 53.9 Å². The average molecular weight is 440 g/mol. The van der Waals surface area contributed by atoms with Gasteiger partial charge in [0.2, 0.25) is 0 Å². The molecule has 0 aromatic heterocycles. The first kappa shape index (κ1) is 21.7. The number of Topliss-reactive ketones (excluding diaryl/α,β-unsaturated/α-hetero) is 1. The van der Waals surface area contributed by atoms with Gasteiger partial charge in [0, 0.05) is 24.7 Å². The molecule has 0 aromatic rings. The van der Waals surface area contributed by atoms with Crippen LogP contribution < -0.4 is 0 Å². The molecule has 1 aliphatic carbocycles. The number of hydrogen-bond donors (Lipinski definition) is 0. The van der Waals surface area contributed by atoms with Crippen molar-refractivity contribution in [1.29, 1.82) is 0 Å². The number of hydrogen-bond acceptors (Lipinski definition) is 5. The monoisotopic (exact) mass is 439 g/mol. The summed E-state index contributed by atoms with van der Waals surface area (Å²) < 4.78 is 11.4. The first-order chi connectivity index (χ1) is 12.7. The normalized spacial score (nSPS) is 20.1. The van der Waals surface area contributed by atoms with E-state index in [2.05, 4.69) is 43.6 Å². The number of carbonyl (C=O) groups excluding carboxylic acids is 2. The predicted molar refractivity (Wildman–Crippen MR) is 109 cm³/mol. The fourth-order valence-corrected chi connectivity index (χ4v) is 3.51. The standard InChI is InChI=1S/C21H30BrNO4/c1-6-8-9-27-19-15-11-16(22)17(24)10-14(15)12-23(13-21(3,4)5)18(19)20(25)26-7-2/h11-12,16H,6-10,13H2,1-5H3. The summed E-state index contributed by atoms with van der Waals surface area (Å²) in [7, 11) is 0. The van der Waals surface area contributed by atoms with Crippen LogP contribution in [0.4, 0.5) is 0 Å². The zero-order valence-corrected chi connectivity index (χ0v) is 18.5. The van der Waals surface area contributed by atoms with Crippen molar-refractivity contribution >= 4 is 27.7 Å². The molecule has 2 rings (SSSR count). The first-order valence-electron chi connectivity index (χ1n) is 9.58. The van der Waals surface area contributed by atoms with E-state index in [1.165, 1.54) is 0 Å². The maximum Gasteiger partial charge on any atom is 0.358 e. The van der Waals surface area contributed by atoms with Gasteiger partial charge >= 0.3 is 5.97 Å². The minimum absolute atomic E-state index is 0.0544. The average Bonchev–Trinajstić information content (AvgIpc) is 2.55. The summed E-state index contributed by atoms with van der Waals surface area (Å²) in [5.74, 6) is 0.237. The van der Waals surface area contributed by atoms with Gasteiger partial charge in [-0.15, -0.1) is 0 Å². The molecule has 0 spiro atoms. The fourth-order valence-electron chi connectivity index (χ4n) is 3.08. The number of carbonyl (C=O) groups is 2. The summed E-state index contributed by atoms with van der Waals surface area (Å²) in [4.78, 5) is 26.6. The molecule has 0 amide bonds. The van der Waals surface area contributed by atoms with Gasteiger partial charge < -0.3 is 14.4 Å². The van der Waals surface area contributed by atoms with Gasteiger partial charge in [-0.1, -0.05) is 56.1 Å². The molecule has 0 bridgehead atoms. The van der Waals surface area contributed by atoms with Crippen molar-refractivity contribution < 1.29 is 19.1 Å². The van der Waals surface area contributed by atoms with Gasteiger partial charge in [-0.2, -0.15) is 0 Å². The van der Waals surface area contributed by atoms with Gasteiger partial charge in [-0.05, 0) is 24.3 Å². The molecule has 1 heterocycles. The van der Waals surface area contributed by atoms with Gasteiger partial charge in [0.15, 0.2) is 17.2 Å². The molecule has 0 fully saturated rings. The van der Waals surface area contributed by atoms with E-state index in [1.54, 1.807) is 6.92 Å². The highest BCUT2D eigenvalue weighted by molar-refractivity contribution is 9.10. The maximum absolute atomic E-state index is 12.8. The van der Waals surface area contributed by atoms with Crippen LogP contribution in [0.2, 0.25) is 0 Å². The number of esters is 1. The van der Waals surface area contributed by atoms with Crippen LogP contribution in [0.15, 0.2) is 34.9 Å². The topological polar surface area (TPSA) is 55.8 Å². The quantitative estimate of drug-likeness (QED) is 0.332. The van der Waals surface area contributed by atoms with E-state index < -0.39 is 5.97 Å². The number of alkyl halides is 1. The van der Waals surface area contributed by atoms with Crippen LogP contribution in [0.3, 0.4) is 0 Å². The number of unbranched alkanes of at least 4 members (excludes halogenated alkanes) is 1. The smallest absolute Gasteiger partial charge is 0.358 e. The number of halogens is 1. The van der Waals surface area contributed by atoms with E-state index in [9.17, 15) is 9.59 Å². The van der Waals surface area contributed by atoms with Crippen LogP contribution in [0.5, 0.6) is 0 Å². The van der Waals surface area contributed by atoms with Crippen molar-refractivity contribution in [3.63, 3.8) is 0 Å². The van der Waals surface area contributed by atoms with Crippen molar-refractivity contribution in [2.75, 3.05) is 19.8 Å². The highest BCUT2D eigenvalue weighted by atomic mass is 79.9. The van der Waals surface area contributed by atoms with E-state index in [0.717, 1.165) is 24.0 Å². The molecule has 0 radical (unpaired) electrons. The third-order valence-electron chi connectivity index (χ3n) is 4.25. The Balaban J connectivity index is 2.56. The molecule has 1 atom stereocenters. The Labute approximate surface area is 170 Å². The molecule has 1 aliphatic heterocycles. The number of fused-ring (bicyclic) bond motifs is 1. The van der Waals surface area contributed by atoms with Crippen LogP contribution in [-0.2, 0) is 19.1 Å². The molecule has 1 unspecified atom stereocenters. The van der Waals surface area contributed by atoms with E-state index in [4.69, 9.17) is 9.47 Å². The Hall–Kier alpha value is -1.56. The van der Waals surface area contributed by atoms with E-state index >= 15 is 0 Å². The minimum Gasteiger partial charge on any atom is -0.490 e. The maximum atomic E-state index is 12.8. The minimum atomic E-state index is -0.396. The molecule has 0 aromatic carbocycles. The lowest BCUT2D eigenvalue weighted by atomic mass is 9.87. The summed E-state index contributed by atoms with van der Waals surface area (Å²) in [5, 5.41) is 0. The fraction of sp³-hybridized carbons (Fsp3) is 0.619. The number of ether oxygens (including phenoxy) is 2. The van der Waals surface area contributed by atoms with Gasteiger partial charge in [0.05, 0.1) is 18.0 Å². The zero-order valence-electron chi connectivity index (χ0n) is 16.9. The van der Waals surface area contributed by atoms with Crippen LogP contribution in [0, 0.1) is 5.41 Å². The second-order valence-electron chi connectivity index (χ2n) is 8.07. The van der Waals surface area contributed by atoms with E-state index in [1.807, 2.05) is 17.2 Å². The second kappa shape index (κ2) is 9.09. The molecule has 27 heavy (non-hydrogen) atoms. The highest BCUT2D eigenvalue weighted by Gasteiger charge is 2.37. The molecular formula is C21H30BrNO4. The molecule has 2 aliphatic rings. The number of nitrogens with zero attached hydrogens (tertiary/aromatic N) is 1. The SMILES string of the molecule is CCCCOC1=C(C(=O)OCC)N(CC(C)(C)C)C=C2CC(=O)C(Br)C=C21. The number of allylic oxidation sites excluding steroid dienone is 2. The molecule has 0 N–H and O–H groups in total.